The molecule has 0 spiro atoms. The second-order valence-corrected chi connectivity index (χ2v) is 9.90. The van der Waals surface area contributed by atoms with Crippen LogP contribution >= 0.6 is 11.3 Å². The van der Waals surface area contributed by atoms with E-state index in [9.17, 15) is 9.59 Å². The van der Waals surface area contributed by atoms with Crippen LogP contribution in [0.25, 0.3) is 16.8 Å². The first-order chi connectivity index (χ1) is 17.6. The SMILES string of the molecule is COc1ccc(C2C3=C(CCCC3=O)N=c3sc(=Cc4c(OC)ccc5ccccc45)c(=O)n32)cc1. The molecule has 0 saturated heterocycles. The van der Waals surface area contributed by atoms with Crippen molar-refractivity contribution in [1.82, 2.24) is 4.57 Å². The highest BCUT2D eigenvalue weighted by molar-refractivity contribution is 7.07. The zero-order valence-corrected chi connectivity index (χ0v) is 20.8. The van der Waals surface area contributed by atoms with E-state index in [1.807, 2.05) is 66.7 Å². The molecule has 6 nitrogen and oxygen atoms in total. The molecule has 0 radical (unpaired) electrons. The molecule has 2 heterocycles. The summed E-state index contributed by atoms with van der Waals surface area (Å²) in [5, 5.41) is 2.07. The van der Waals surface area contributed by atoms with Gasteiger partial charge in [-0.25, -0.2) is 4.99 Å². The molecule has 1 aromatic heterocycles. The van der Waals surface area contributed by atoms with Gasteiger partial charge in [-0.15, -0.1) is 0 Å². The van der Waals surface area contributed by atoms with Gasteiger partial charge in [-0.1, -0.05) is 53.8 Å². The third kappa shape index (κ3) is 3.58. The highest BCUT2D eigenvalue weighted by Crippen LogP contribution is 2.36. The van der Waals surface area contributed by atoms with Crippen LogP contribution in [0.1, 0.15) is 36.4 Å². The van der Waals surface area contributed by atoms with Crippen molar-refractivity contribution in [3.8, 4) is 11.5 Å². The quantitative estimate of drug-likeness (QED) is 0.426. The van der Waals surface area contributed by atoms with Crippen LogP contribution < -0.4 is 24.4 Å². The van der Waals surface area contributed by atoms with Gasteiger partial charge in [0.25, 0.3) is 5.56 Å². The summed E-state index contributed by atoms with van der Waals surface area (Å²) >= 11 is 1.35. The minimum atomic E-state index is -0.508. The predicted octanol–water partition coefficient (Wildman–Crippen LogP) is 4.14. The monoisotopic (exact) mass is 496 g/mol. The van der Waals surface area contributed by atoms with Crippen LogP contribution in [0.4, 0.5) is 0 Å². The Morgan fingerprint density at radius 1 is 0.972 bits per heavy atom. The van der Waals surface area contributed by atoms with Crippen LogP contribution in [0.15, 0.2) is 81.7 Å². The van der Waals surface area contributed by atoms with Crippen molar-refractivity contribution < 1.29 is 14.3 Å². The highest BCUT2D eigenvalue weighted by Gasteiger charge is 2.35. The van der Waals surface area contributed by atoms with Crippen molar-refractivity contribution in [3.63, 3.8) is 0 Å². The fourth-order valence-corrected chi connectivity index (χ4v) is 6.15. The highest BCUT2D eigenvalue weighted by atomic mass is 32.1. The lowest BCUT2D eigenvalue weighted by molar-refractivity contribution is -0.116. The Morgan fingerprint density at radius 3 is 2.56 bits per heavy atom. The van der Waals surface area contributed by atoms with Crippen LogP contribution in [0.2, 0.25) is 0 Å². The van der Waals surface area contributed by atoms with Crippen LogP contribution in [-0.2, 0) is 4.79 Å². The maximum Gasteiger partial charge on any atom is 0.271 e. The minimum absolute atomic E-state index is 0.0609. The number of ether oxygens (including phenoxy) is 2. The van der Waals surface area contributed by atoms with Gasteiger partial charge in [-0.3, -0.25) is 14.2 Å². The van der Waals surface area contributed by atoms with E-state index < -0.39 is 6.04 Å². The third-order valence-corrected chi connectivity index (χ3v) is 7.87. The molecule has 1 aliphatic heterocycles. The van der Waals surface area contributed by atoms with Crippen molar-refractivity contribution in [3.05, 3.63) is 103 Å². The molecule has 2 aliphatic rings. The van der Waals surface area contributed by atoms with E-state index in [1.54, 1.807) is 18.8 Å². The van der Waals surface area contributed by atoms with E-state index in [2.05, 4.69) is 0 Å². The van der Waals surface area contributed by atoms with Crippen molar-refractivity contribution >= 4 is 34.0 Å². The van der Waals surface area contributed by atoms with E-state index in [0.717, 1.165) is 46.2 Å². The molecule has 0 fully saturated rings. The molecule has 3 aromatic carbocycles. The summed E-state index contributed by atoms with van der Waals surface area (Å²) in [7, 11) is 3.25. The number of hydrogen-bond donors (Lipinski definition) is 0. The molecule has 1 unspecified atom stereocenters. The smallest absolute Gasteiger partial charge is 0.271 e. The van der Waals surface area contributed by atoms with Crippen LogP contribution in [0.3, 0.4) is 0 Å². The number of fused-ring (bicyclic) bond motifs is 2. The summed E-state index contributed by atoms with van der Waals surface area (Å²) < 4.78 is 13.2. The molecule has 0 N–H and O–H groups in total. The Balaban J connectivity index is 1.61. The number of benzene rings is 3. The summed E-state index contributed by atoms with van der Waals surface area (Å²) in [4.78, 5) is 32.5. The molecule has 36 heavy (non-hydrogen) atoms. The van der Waals surface area contributed by atoms with Crippen LogP contribution in [-0.4, -0.2) is 24.6 Å². The third-order valence-electron chi connectivity index (χ3n) is 6.89. The zero-order valence-electron chi connectivity index (χ0n) is 20.0. The number of allylic oxidation sites excluding steroid dienone is 2. The van der Waals surface area contributed by atoms with Crippen molar-refractivity contribution in [2.75, 3.05) is 14.2 Å². The molecule has 180 valence electrons. The molecular formula is C29H24N2O4S. The fourth-order valence-electron chi connectivity index (χ4n) is 5.15. The standard InChI is InChI=1S/C29H24N2O4S/c1-34-19-13-10-18(11-14-19)27-26-22(8-5-9-23(26)32)30-29-31(27)28(33)25(36-29)16-21-20-7-4-3-6-17(20)12-15-24(21)35-2/h3-4,6-7,10-16,27H,5,8-9H2,1-2H3. The number of methoxy groups -OCH3 is 2. The fraction of sp³-hybridized carbons (Fsp3) is 0.207. The second-order valence-electron chi connectivity index (χ2n) is 8.90. The molecule has 4 aromatic rings. The van der Waals surface area contributed by atoms with E-state index in [-0.39, 0.29) is 11.3 Å². The van der Waals surface area contributed by atoms with Gasteiger partial charge in [-0.05, 0) is 53.5 Å². The number of carbonyl (C=O) groups excluding carboxylic acids is 1. The largest absolute Gasteiger partial charge is 0.497 e. The van der Waals surface area contributed by atoms with E-state index in [1.165, 1.54) is 11.3 Å². The Kier molecular flexibility index (Phi) is 5.57. The second kappa shape index (κ2) is 8.91. The van der Waals surface area contributed by atoms with Crippen LogP contribution in [0, 0.1) is 0 Å². The first-order valence-corrected chi connectivity index (χ1v) is 12.7. The number of ketones is 1. The first-order valence-electron chi connectivity index (χ1n) is 11.9. The van der Waals surface area contributed by atoms with Gasteiger partial charge in [0.15, 0.2) is 10.6 Å². The Morgan fingerprint density at radius 2 is 1.78 bits per heavy atom. The Labute approximate surface area is 211 Å². The van der Waals surface area contributed by atoms with E-state index >= 15 is 0 Å². The van der Waals surface area contributed by atoms with E-state index in [4.69, 9.17) is 14.5 Å². The number of rotatable bonds is 4. The molecule has 7 heteroatoms. The van der Waals surface area contributed by atoms with Gasteiger partial charge in [0.05, 0.1) is 30.5 Å². The van der Waals surface area contributed by atoms with Crippen molar-refractivity contribution in [2.45, 2.75) is 25.3 Å². The zero-order chi connectivity index (χ0) is 24.8. The number of carbonyl (C=O) groups is 1. The lowest BCUT2D eigenvalue weighted by Gasteiger charge is -2.28. The number of Topliss-reactive ketones (excluding diaryl/α,β-unsaturated/α-hetero) is 1. The molecule has 0 bridgehead atoms. The molecule has 6 rings (SSSR count). The van der Waals surface area contributed by atoms with Gasteiger partial charge in [0.1, 0.15) is 11.5 Å². The average Bonchev–Trinajstić information content (AvgIpc) is 3.22. The molecule has 1 atom stereocenters. The first kappa shape index (κ1) is 22.5. The van der Waals surface area contributed by atoms with Gasteiger partial charge >= 0.3 is 0 Å². The van der Waals surface area contributed by atoms with Gasteiger partial charge in [0, 0.05) is 17.6 Å². The normalized spacial score (nSPS) is 17.6. The van der Waals surface area contributed by atoms with Gasteiger partial charge in [-0.2, -0.15) is 0 Å². The number of thiazole rings is 1. The molecular weight excluding hydrogens is 472 g/mol. The lowest BCUT2D eigenvalue weighted by atomic mass is 9.86. The van der Waals surface area contributed by atoms with Gasteiger partial charge in [0.2, 0.25) is 0 Å². The van der Waals surface area contributed by atoms with E-state index in [0.29, 0.717) is 27.1 Å². The molecule has 1 aliphatic carbocycles. The Bertz CT molecular complexity index is 1730. The maximum absolute atomic E-state index is 13.9. The van der Waals surface area contributed by atoms with Crippen molar-refractivity contribution in [1.29, 1.82) is 0 Å². The molecule has 0 amide bonds. The molecule has 0 saturated carbocycles. The number of aromatic nitrogens is 1. The lowest BCUT2D eigenvalue weighted by Crippen LogP contribution is -2.40. The topological polar surface area (TPSA) is 69.9 Å². The maximum atomic E-state index is 13.9. The summed E-state index contributed by atoms with van der Waals surface area (Å²) in [5.41, 5.74) is 2.97. The number of nitrogens with zero attached hydrogens (tertiary/aromatic N) is 2. The van der Waals surface area contributed by atoms with Crippen LogP contribution in [0.5, 0.6) is 11.5 Å². The Hall–Kier alpha value is -3.97. The summed E-state index contributed by atoms with van der Waals surface area (Å²) in [5.74, 6) is 1.48. The predicted molar refractivity (Wildman–Crippen MR) is 140 cm³/mol. The summed E-state index contributed by atoms with van der Waals surface area (Å²) in [6.45, 7) is 0. The minimum Gasteiger partial charge on any atom is -0.497 e. The summed E-state index contributed by atoms with van der Waals surface area (Å²) in [6.07, 6.45) is 3.87. The summed E-state index contributed by atoms with van der Waals surface area (Å²) in [6, 6.07) is 19.0. The number of hydrogen-bond acceptors (Lipinski definition) is 6. The van der Waals surface area contributed by atoms with Gasteiger partial charge < -0.3 is 9.47 Å². The average molecular weight is 497 g/mol. The van der Waals surface area contributed by atoms with Crippen molar-refractivity contribution in [2.24, 2.45) is 4.99 Å².